The van der Waals surface area contributed by atoms with Crippen LogP contribution < -0.4 is 0 Å². The fourth-order valence-corrected chi connectivity index (χ4v) is 0.992. The molecule has 1 aromatic rings. The molecule has 15 heavy (non-hydrogen) atoms. The second-order valence-electron chi connectivity index (χ2n) is 3.58. The number of aromatic nitrogens is 2. The van der Waals surface area contributed by atoms with Gasteiger partial charge in [0.2, 0.25) is 0 Å². The Hall–Kier alpha value is -1.76. The van der Waals surface area contributed by atoms with Crippen molar-refractivity contribution in [3.8, 4) is 12.3 Å². The predicted octanol–water partition coefficient (Wildman–Crippen LogP) is 1.71. The third-order valence-corrected chi connectivity index (χ3v) is 1.95. The van der Waals surface area contributed by atoms with Crippen LogP contribution in [-0.4, -0.2) is 22.3 Å². The summed E-state index contributed by atoms with van der Waals surface area (Å²) >= 11 is 0. The van der Waals surface area contributed by atoms with Gasteiger partial charge in [0.05, 0.1) is 0 Å². The highest BCUT2D eigenvalue weighted by Crippen LogP contribution is 2.12. The number of hydrogen-bond acceptors (Lipinski definition) is 3. The minimum Gasteiger partial charge on any atom is -0.445 e. The number of nitrogens with zero attached hydrogens (tertiary/aromatic N) is 1. The van der Waals surface area contributed by atoms with E-state index in [1.54, 1.807) is 13.0 Å². The third-order valence-electron chi connectivity index (χ3n) is 1.95. The molecular weight excluding hydrogens is 192 g/mol. The first-order chi connectivity index (χ1) is 7.04. The first-order valence-corrected chi connectivity index (χ1v) is 4.77. The zero-order chi connectivity index (χ0) is 11.4. The molecule has 1 atom stereocenters. The van der Waals surface area contributed by atoms with Crippen LogP contribution >= 0.6 is 0 Å². The number of nitrogens with one attached hydrogen (secondary N) is 1. The molecule has 0 spiro atoms. The van der Waals surface area contributed by atoms with Gasteiger partial charge in [-0.2, -0.15) is 5.10 Å². The van der Waals surface area contributed by atoms with E-state index in [2.05, 4.69) is 16.1 Å². The highest BCUT2D eigenvalue weighted by molar-refractivity contribution is 5.87. The molecule has 0 unspecified atom stereocenters. The Morgan fingerprint density at radius 1 is 1.60 bits per heavy atom. The molecule has 4 heteroatoms. The molecule has 80 valence electrons. The van der Waals surface area contributed by atoms with E-state index in [9.17, 15) is 4.79 Å². The monoisotopic (exact) mass is 206 g/mol. The van der Waals surface area contributed by atoms with Crippen LogP contribution in [0.5, 0.6) is 0 Å². The van der Waals surface area contributed by atoms with Gasteiger partial charge in [0.1, 0.15) is 0 Å². The SMILES string of the molecule is C#C[C@H](C)OC(=O)c1cc(C(C)C)[nH]n1. The van der Waals surface area contributed by atoms with Gasteiger partial charge in [0.15, 0.2) is 11.8 Å². The van der Waals surface area contributed by atoms with Crippen LogP contribution in [-0.2, 0) is 4.74 Å². The maximum absolute atomic E-state index is 11.4. The summed E-state index contributed by atoms with van der Waals surface area (Å²) in [5, 5.41) is 6.63. The van der Waals surface area contributed by atoms with Crippen LogP contribution in [0.1, 0.15) is 42.9 Å². The number of carbonyl (C=O) groups excluding carboxylic acids is 1. The lowest BCUT2D eigenvalue weighted by molar-refractivity contribution is 0.0432. The van der Waals surface area contributed by atoms with Crippen molar-refractivity contribution in [3.63, 3.8) is 0 Å². The molecule has 0 aliphatic heterocycles. The van der Waals surface area contributed by atoms with Crippen LogP contribution in [0.2, 0.25) is 0 Å². The first-order valence-electron chi connectivity index (χ1n) is 4.77. The van der Waals surface area contributed by atoms with Crippen molar-refractivity contribution in [2.24, 2.45) is 0 Å². The van der Waals surface area contributed by atoms with Crippen LogP contribution in [0.3, 0.4) is 0 Å². The van der Waals surface area contributed by atoms with Crippen molar-refractivity contribution in [2.45, 2.75) is 32.8 Å². The highest BCUT2D eigenvalue weighted by Gasteiger charge is 2.15. The molecule has 4 nitrogen and oxygen atoms in total. The number of esters is 1. The van der Waals surface area contributed by atoms with Gasteiger partial charge < -0.3 is 4.74 Å². The first kappa shape index (κ1) is 11.3. The van der Waals surface area contributed by atoms with E-state index in [1.807, 2.05) is 13.8 Å². The molecule has 0 aliphatic carbocycles. The van der Waals surface area contributed by atoms with E-state index in [0.29, 0.717) is 5.92 Å². The smallest absolute Gasteiger partial charge is 0.360 e. The molecule has 0 aromatic carbocycles. The molecule has 0 aliphatic rings. The lowest BCUT2D eigenvalue weighted by Crippen LogP contribution is -2.13. The summed E-state index contributed by atoms with van der Waals surface area (Å²) in [4.78, 5) is 11.4. The minimum absolute atomic E-state index is 0.265. The van der Waals surface area contributed by atoms with Crippen molar-refractivity contribution in [2.75, 3.05) is 0 Å². The molecular formula is C11H14N2O2. The highest BCUT2D eigenvalue weighted by atomic mass is 16.5. The summed E-state index contributed by atoms with van der Waals surface area (Å²) in [6, 6.07) is 1.68. The Morgan fingerprint density at radius 3 is 2.73 bits per heavy atom. The number of H-pyrrole nitrogens is 1. The summed E-state index contributed by atoms with van der Waals surface area (Å²) in [7, 11) is 0. The van der Waals surface area contributed by atoms with Gasteiger partial charge in [-0.25, -0.2) is 4.79 Å². The number of ether oxygens (including phenoxy) is 1. The summed E-state index contributed by atoms with van der Waals surface area (Å²) in [5.41, 5.74) is 1.16. The Morgan fingerprint density at radius 2 is 2.27 bits per heavy atom. The van der Waals surface area contributed by atoms with Crippen molar-refractivity contribution < 1.29 is 9.53 Å². The van der Waals surface area contributed by atoms with Gasteiger partial charge in [0, 0.05) is 5.69 Å². The molecule has 1 aromatic heterocycles. The normalized spacial score (nSPS) is 12.2. The quantitative estimate of drug-likeness (QED) is 0.605. The maximum atomic E-state index is 11.4. The Balaban J connectivity index is 2.71. The molecule has 0 saturated carbocycles. The van der Waals surface area contributed by atoms with E-state index in [0.717, 1.165) is 5.69 Å². The van der Waals surface area contributed by atoms with Gasteiger partial charge in [-0.1, -0.05) is 19.8 Å². The zero-order valence-electron chi connectivity index (χ0n) is 9.07. The second kappa shape index (κ2) is 4.65. The van der Waals surface area contributed by atoms with Crippen molar-refractivity contribution in [1.82, 2.24) is 10.2 Å². The molecule has 0 radical (unpaired) electrons. The fourth-order valence-electron chi connectivity index (χ4n) is 0.992. The van der Waals surface area contributed by atoms with E-state index >= 15 is 0 Å². The molecule has 0 amide bonds. The number of aromatic amines is 1. The van der Waals surface area contributed by atoms with Crippen LogP contribution in [0.4, 0.5) is 0 Å². The largest absolute Gasteiger partial charge is 0.445 e. The number of terminal acetylenes is 1. The lowest BCUT2D eigenvalue weighted by atomic mass is 10.1. The topological polar surface area (TPSA) is 55.0 Å². The number of rotatable bonds is 3. The molecule has 1 rings (SSSR count). The third kappa shape index (κ3) is 2.84. The van der Waals surface area contributed by atoms with Crippen molar-refractivity contribution >= 4 is 5.97 Å². The second-order valence-corrected chi connectivity index (χ2v) is 3.58. The predicted molar refractivity (Wildman–Crippen MR) is 56.4 cm³/mol. The molecule has 0 bridgehead atoms. The molecule has 1 heterocycles. The van der Waals surface area contributed by atoms with Crippen LogP contribution in [0.15, 0.2) is 6.07 Å². The van der Waals surface area contributed by atoms with Gasteiger partial charge >= 0.3 is 5.97 Å². The standard InChI is InChI=1S/C11H14N2O2/c1-5-8(4)15-11(14)10-6-9(7(2)3)12-13-10/h1,6-8H,2-4H3,(H,12,13)/t8-/m0/s1. The van der Waals surface area contributed by atoms with Gasteiger partial charge in [-0.05, 0) is 18.9 Å². The van der Waals surface area contributed by atoms with Gasteiger partial charge in [-0.3, -0.25) is 5.10 Å². The Bertz CT molecular complexity index is 388. The molecule has 0 saturated heterocycles. The van der Waals surface area contributed by atoms with E-state index < -0.39 is 12.1 Å². The van der Waals surface area contributed by atoms with Crippen LogP contribution in [0.25, 0.3) is 0 Å². The summed E-state index contributed by atoms with van der Waals surface area (Å²) < 4.78 is 4.92. The molecule has 0 fully saturated rings. The van der Waals surface area contributed by atoms with E-state index in [1.165, 1.54) is 0 Å². The maximum Gasteiger partial charge on any atom is 0.360 e. The van der Waals surface area contributed by atoms with E-state index in [4.69, 9.17) is 11.2 Å². The summed E-state index contributed by atoms with van der Waals surface area (Å²) in [6.45, 7) is 5.65. The summed E-state index contributed by atoms with van der Waals surface area (Å²) in [6.07, 6.45) is 4.57. The fraction of sp³-hybridized carbons (Fsp3) is 0.455. The summed E-state index contributed by atoms with van der Waals surface area (Å²) in [5.74, 6) is 2.11. The van der Waals surface area contributed by atoms with Crippen molar-refractivity contribution in [3.05, 3.63) is 17.5 Å². The average molecular weight is 206 g/mol. The Kier molecular flexibility index (Phi) is 3.51. The zero-order valence-corrected chi connectivity index (χ0v) is 9.07. The average Bonchev–Trinajstić information content (AvgIpc) is 2.66. The Labute approximate surface area is 89.0 Å². The molecule has 1 N–H and O–H groups in total. The van der Waals surface area contributed by atoms with Gasteiger partial charge in [-0.15, -0.1) is 6.42 Å². The minimum atomic E-state index is -0.531. The van der Waals surface area contributed by atoms with Crippen LogP contribution in [0, 0.1) is 12.3 Å². The van der Waals surface area contributed by atoms with E-state index in [-0.39, 0.29) is 5.69 Å². The number of hydrogen-bond donors (Lipinski definition) is 1. The number of carbonyl (C=O) groups is 1. The van der Waals surface area contributed by atoms with Crippen molar-refractivity contribution in [1.29, 1.82) is 0 Å². The lowest BCUT2D eigenvalue weighted by Gasteiger charge is -2.04. The van der Waals surface area contributed by atoms with Gasteiger partial charge in [0.25, 0.3) is 0 Å².